The second-order valence-electron chi connectivity index (χ2n) is 3.38. The number of alkyl halides is 2. The van der Waals surface area contributed by atoms with Crippen molar-refractivity contribution in [2.45, 2.75) is 10.7 Å². The highest BCUT2D eigenvalue weighted by Gasteiger charge is 2.06. The lowest BCUT2D eigenvalue weighted by molar-refractivity contribution is -0.118. The highest BCUT2D eigenvalue weighted by atomic mass is 32.2. The number of rotatable bonds is 5. The fraction of sp³-hybridized carbons (Fsp3) is 0.273. The van der Waals surface area contributed by atoms with Crippen molar-refractivity contribution in [3.05, 3.63) is 24.3 Å². The Kier molecular flexibility index (Phi) is 6.07. The van der Waals surface area contributed by atoms with Gasteiger partial charge in [0.15, 0.2) is 0 Å². The summed E-state index contributed by atoms with van der Waals surface area (Å²) in [5.41, 5.74) is 0.602. The number of anilines is 1. The number of urea groups is 1. The topological polar surface area (TPSA) is 70.2 Å². The molecule has 8 heteroatoms. The summed E-state index contributed by atoms with van der Waals surface area (Å²) in [5.74, 6) is -2.96. The Balaban J connectivity index is 2.41. The van der Waals surface area contributed by atoms with Gasteiger partial charge in [0.1, 0.15) is 0 Å². The van der Waals surface area contributed by atoms with E-state index < -0.39 is 17.7 Å². The first kappa shape index (κ1) is 15.2. The number of halogens is 2. The fourth-order valence-corrected chi connectivity index (χ4v) is 1.67. The molecular formula is C11H13F2N3O2S. The molecule has 1 rings (SSSR count). The Morgan fingerprint density at radius 1 is 1.26 bits per heavy atom. The molecule has 0 saturated carbocycles. The van der Waals surface area contributed by atoms with Crippen molar-refractivity contribution in [3.8, 4) is 0 Å². The zero-order chi connectivity index (χ0) is 14.3. The molecule has 0 spiro atoms. The second kappa shape index (κ2) is 7.57. The number of imide groups is 1. The van der Waals surface area contributed by atoms with Gasteiger partial charge in [0.2, 0.25) is 5.91 Å². The maximum atomic E-state index is 12.1. The standard InChI is InChI=1S/C11H13F2N3O2S/c1-14-11(18)16-9(17)6-15-7-2-4-8(5-3-7)19-10(12)13/h2-5,10,15H,6H2,1H3,(H2,14,16,17,18). The first-order valence-electron chi connectivity index (χ1n) is 5.31. The molecule has 0 aliphatic heterocycles. The fourth-order valence-electron chi connectivity index (χ4n) is 1.17. The summed E-state index contributed by atoms with van der Waals surface area (Å²) < 4.78 is 24.2. The van der Waals surface area contributed by atoms with E-state index in [0.717, 1.165) is 0 Å². The molecule has 3 amide bonds. The van der Waals surface area contributed by atoms with Crippen molar-refractivity contribution < 1.29 is 18.4 Å². The Morgan fingerprint density at radius 2 is 1.89 bits per heavy atom. The van der Waals surface area contributed by atoms with Crippen LogP contribution in [0.3, 0.4) is 0 Å². The largest absolute Gasteiger partial charge is 0.376 e. The number of thioether (sulfide) groups is 1. The Bertz CT molecular complexity index is 440. The third kappa shape index (κ3) is 6.05. The minimum absolute atomic E-state index is 0.0885. The monoisotopic (exact) mass is 289 g/mol. The van der Waals surface area contributed by atoms with Crippen molar-refractivity contribution in [1.29, 1.82) is 0 Å². The summed E-state index contributed by atoms with van der Waals surface area (Å²) in [5, 5.41) is 7.10. The zero-order valence-corrected chi connectivity index (χ0v) is 10.9. The Hall–Kier alpha value is -1.83. The van der Waals surface area contributed by atoms with E-state index >= 15 is 0 Å². The molecule has 0 radical (unpaired) electrons. The summed E-state index contributed by atoms with van der Waals surface area (Å²) in [6, 6.07) is 5.62. The summed E-state index contributed by atoms with van der Waals surface area (Å²) >= 11 is 0.450. The van der Waals surface area contributed by atoms with Crippen molar-refractivity contribution in [2.24, 2.45) is 0 Å². The van der Waals surface area contributed by atoms with Gasteiger partial charge in [0.05, 0.1) is 6.54 Å². The van der Waals surface area contributed by atoms with Crippen LogP contribution in [0.2, 0.25) is 0 Å². The normalized spacial score (nSPS) is 10.1. The van der Waals surface area contributed by atoms with Crippen LogP contribution in [0.5, 0.6) is 0 Å². The second-order valence-corrected chi connectivity index (χ2v) is 4.45. The summed E-state index contributed by atoms with van der Waals surface area (Å²) in [6.45, 7) is -0.0885. The van der Waals surface area contributed by atoms with E-state index in [1.165, 1.54) is 19.2 Å². The smallest absolute Gasteiger partial charge is 0.321 e. The van der Waals surface area contributed by atoms with Crippen LogP contribution in [0.15, 0.2) is 29.2 Å². The lowest BCUT2D eigenvalue weighted by Crippen LogP contribution is -2.40. The highest BCUT2D eigenvalue weighted by molar-refractivity contribution is 7.99. The van der Waals surface area contributed by atoms with Gasteiger partial charge in [-0.25, -0.2) is 4.79 Å². The molecule has 3 N–H and O–H groups in total. The van der Waals surface area contributed by atoms with Crippen LogP contribution in [0.4, 0.5) is 19.3 Å². The van der Waals surface area contributed by atoms with Gasteiger partial charge in [0, 0.05) is 17.6 Å². The summed E-state index contributed by atoms with van der Waals surface area (Å²) in [4.78, 5) is 22.5. The van der Waals surface area contributed by atoms with Crippen LogP contribution >= 0.6 is 11.8 Å². The first-order valence-corrected chi connectivity index (χ1v) is 6.19. The molecule has 0 atom stereocenters. The van der Waals surface area contributed by atoms with Gasteiger partial charge in [-0.05, 0) is 24.3 Å². The molecular weight excluding hydrogens is 276 g/mol. The molecule has 0 fully saturated rings. The van der Waals surface area contributed by atoms with E-state index in [2.05, 4.69) is 16.0 Å². The van der Waals surface area contributed by atoms with E-state index in [1.54, 1.807) is 12.1 Å². The average molecular weight is 289 g/mol. The zero-order valence-electron chi connectivity index (χ0n) is 10.1. The van der Waals surface area contributed by atoms with Gasteiger partial charge in [0.25, 0.3) is 5.76 Å². The van der Waals surface area contributed by atoms with Crippen molar-refractivity contribution in [2.75, 3.05) is 18.9 Å². The van der Waals surface area contributed by atoms with Crippen LogP contribution < -0.4 is 16.0 Å². The number of hydrogen-bond donors (Lipinski definition) is 3. The molecule has 0 heterocycles. The molecule has 0 aliphatic rings. The molecule has 5 nitrogen and oxygen atoms in total. The molecule has 1 aromatic rings. The molecule has 1 aromatic carbocycles. The number of nitrogens with one attached hydrogen (secondary N) is 3. The highest BCUT2D eigenvalue weighted by Crippen LogP contribution is 2.25. The van der Waals surface area contributed by atoms with E-state index in [4.69, 9.17) is 0 Å². The SMILES string of the molecule is CNC(=O)NC(=O)CNc1ccc(SC(F)F)cc1. The van der Waals surface area contributed by atoms with Gasteiger partial charge in [-0.15, -0.1) is 0 Å². The average Bonchev–Trinajstić information content (AvgIpc) is 2.37. The van der Waals surface area contributed by atoms with Crippen LogP contribution in [-0.2, 0) is 4.79 Å². The summed E-state index contributed by atoms with van der Waals surface area (Å²) in [7, 11) is 1.40. The molecule has 0 saturated heterocycles. The van der Waals surface area contributed by atoms with Crippen LogP contribution in [0.25, 0.3) is 0 Å². The quantitative estimate of drug-likeness (QED) is 0.724. The predicted molar refractivity (Wildman–Crippen MR) is 69.4 cm³/mol. The molecule has 0 unspecified atom stereocenters. The van der Waals surface area contributed by atoms with Gasteiger partial charge in [-0.3, -0.25) is 10.1 Å². The molecule has 0 aromatic heterocycles. The number of amides is 3. The molecule has 0 aliphatic carbocycles. The molecule has 19 heavy (non-hydrogen) atoms. The van der Waals surface area contributed by atoms with Gasteiger partial charge in [-0.2, -0.15) is 8.78 Å². The first-order chi connectivity index (χ1) is 9.01. The summed E-state index contributed by atoms with van der Waals surface area (Å²) in [6.07, 6.45) is 0. The third-order valence-electron chi connectivity index (χ3n) is 2.01. The maximum Gasteiger partial charge on any atom is 0.321 e. The van der Waals surface area contributed by atoms with Crippen LogP contribution in [0.1, 0.15) is 0 Å². The van der Waals surface area contributed by atoms with Gasteiger partial charge < -0.3 is 10.6 Å². The van der Waals surface area contributed by atoms with Gasteiger partial charge >= 0.3 is 6.03 Å². The number of benzene rings is 1. The van der Waals surface area contributed by atoms with Gasteiger partial charge in [-0.1, -0.05) is 11.8 Å². The Labute approximate surface area is 113 Å². The van der Waals surface area contributed by atoms with E-state index in [0.29, 0.717) is 22.3 Å². The molecule has 0 bridgehead atoms. The third-order valence-corrected chi connectivity index (χ3v) is 2.74. The maximum absolute atomic E-state index is 12.1. The Morgan fingerprint density at radius 3 is 2.42 bits per heavy atom. The lowest BCUT2D eigenvalue weighted by atomic mass is 10.3. The number of hydrogen-bond acceptors (Lipinski definition) is 4. The predicted octanol–water partition coefficient (Wildman–Crippen LogP) is 1.87. The minimum Gasteiger partial charge on any atom is -0.376 e. The van der Waals surface area contributed by atoms with Crippen molar-refractivity contribution in [1.82, 2.24) is 10.6 Å². The minimum atomic E-state index is -2.46. The van der Waals surface area contributed by atoms with Crippen molar-refractivity contribution >= 4 is 29.4 Å². The number of carbonyl (C=O) groups is 2. The van der Waals surface area contributed by atoms with E-state index in [-0.39, 0.29) is 6.54 Å². The number of carbonyl (C=O) groups excluding carboxylic acids is 2. The van der Waals surface area contributed by atoms with E-state index in [9.17, 15) is 18.4 Å². The van der Waals surface area contributed by atoms with E-state index in [1.807, 2.05) is 0 Å². The lowest BCUT2D eigenvalue weighted by Gasteiger charge is -2.07. The van der Waals surface area contributed by atoms with Crippen LogP contribution in [-0.4, -0.2) is 31.3 Å². The molecule has 104 valence electrons. The van der Waals surface area contributed by atoms with Crippen LogP contribution in [0, 0.1) is 0 Å². The van der Waals surface area contributed by atoms with Crippen molar-refractivity contribution in [3.63, 3.8) is 0 Å².